The molecule has 1 amide bonds. The second kappa shape index (κ2) is 7.98. The van der Waals surface area contributed by atoms with E-state index in [1.165, 1.54) is 50.2 Å². The van der Waals surface area contributed by atoms with E-state index in [4.69, 9.17) is 4.74 Å². The molecule has 2 rings (SSSR count). The van der Waals surface area contributed by atoms with Gasteiger partial charge in [-0.25, -0.2) is 4.39 Å². The van der Waals surface area contributed by atoms with E-state index in [0.29, 0.717) is 12.3 Å². The first-order chi connectivity index (χ1) is 10.1. The second-order valence-electron chi connectivity index (χ2n) is 5.41. The number of likely N-dealkylation sites (tertiary alicyclic amines) is 1. The van der Waals surface area contributed by atoms with Crippen LogP contribution in [0.15, 0.2) is 24.3 Å². The number of hydrogen-bond donors (Lipinski definition) is 1. The molecule has 1 N–H and O–H groups in total. The van der Waals surface area contributed by atoms with Crippen LogP contribution in [0.1, 0.15) is 26.2 Å². The summed E-state index contributed by atoms with van der Waals surface area (Å²) in [6.45, 7) is 5.75. The summed E-state index contributed by atoms with van der Waals surface area (Å²) in [5, 5.41) is 2.87. The van der Waals surface area contributed by atoms with Gasteiger partial charge in [0.15, 0.2) is 6.10 Å². The summed E-state index contributed by atoms with van der Waals surface area (Å²) < 4.78 is 18.2. The summed E-state index contributed by atoms with van der Waals surface area (Å²) in [7, 11) is 0. The summed E-state index contributed by atoms with van der Waals surface area (Å²) >= 11 is 0. The monoisotopic (exact) mass is 294 g/mol. The van der Waals surface area contributed by atoms with Crippen molar-refractivity contribution in [2.24, 2.45) is 0 Å². The first-order valence-electron chi connectivity index (χ1n) is 7.57. The zero-order valence-corrected chi connectivity index (χ0v) is 12.5. The van der Waals surface area contributed by atoms with Crippen molar-refractivity contribution in [1.29, 1.82) is 0 Å². The molecule has 1 aliphatic heterocycles. The number of carbonyl (C=O) groups is 1. The molecule has 0 radical (unpaired) electrons. The summed E-state index contributed by atoms with van der Waals surface area (Å²) in [6, 6.07) is 5.67. The molecule has 0 bridgehead atoms. The van der Waals surface area contributed by atoms with Crippen LogP contribution in [0.4, 0.5) is 4.39 Å². The van der Waals surface area contributed by atoms with Crippen molar-refractivity contribution < 1.29 is 13.9 Å². The Bertz CT molecular complexity index is 444. The SMILES string of the molecule is C[C@@H](Oc1ccc(F)cc1)C(=O)NCCCN1CCCC1. The van der Waals surface area contributed by atoms with E-state index in [0.717, 1.165) is 13.0 Å². The zero-order valence-electron chi connectivity index (χ0n) is 12.5. The third-order valence-corrected chi connectivity index (χ3v) is 3.64. The Labute approximate surface area is 125 Å². The molecule has 1 atom stereocenters. The van der Waals surface area contributed by atoms with Gasteiger partial charge in [0.05, 0.1) is 0 Å². The highest BCUT2D eigenvalue weighted by Crippen LogP contribution is 2.13. The van der Waals surface area contributed by atoms with Crippen molar-refractivity contribution >= 4 is 5.91 Å². The molecular weight excluding hydrogens is 271 g/mol. The Hall–Kier alpha value is -1.62. The van der Waals surface area contributed by atoms with Gasteiger partial charge in [0.2, 0.25) is 0 Å². The van der Waals surface area contributed by atoms with Crippen molar-refractivity contribution in [1.82, 2.24) is 10.2 Å². The standard InChI is InChI=1S/C16H23FN2O2/c1-13(21-15-7-5-14(17)6-8-15)16(20)18-9-4-12-19-10-2-3-11-19/h5-8,13H,2-4,9-12H2,1H3,(H,18,20)/t13-/m1/s1. The molecule has 4 nitrogen and oxygen atoms in total. The molecule has 21 heavy (non-hydrogen) atoms. The molecule has 1 aromatic carbocycles. The number of rotatable bonds is 7. The van der Waals surface area contributed by atoms with Gasteiger partial charge in [-0.1, -0.05) is 0 Å². The summed E-state index contributed by atoms with van der Waals surface area (Å²) in [6.07, 6.45) is 2.95. The van der Waals surface area contributed by atoms with Crippen molar-refractivity contribution in [3.05, 3.63) is 30.1 Å². The molecule has 0 aliphatic carbocycles. The minimum atomic E-state index is -0.581. The lowest BCUT2D eigenvalue weighted by molar-refractivity contribution is -0.127. The number of hydrogen-bond acceptors (Lipinski definition) is 3. The third kappa shape index (κ3) is 5.34. The molecule has 1 saturated heterocycles. The molecule has 0 unspecified atom stereocenters. The first-order valence-corrected chi connectivity index (χ1v) is 7.57. The van der Waals surface area contributed by atoms with Gasteiger partial charge < -0.3 is 15.0 Å². The highest BCUT2D eigenvalue weighted by Gasteiger charge is 2.15. The Morgan fingerprint density at radius 1 is 1.33 bits per heavy atom. The zero-order chi connectivity index (χ0) is 15.1. The van der Waals surface area contributed by atoms with Gasteiger partial charge in [-0.15, -0.1) is 0 Å². The van der Waals surface area contributed by atoms with Crippen LogP contribution in [0.25, 0.3) is 0 Å². The van der Waals surface area contributed by atoms with Gasteiger partial charge in [-0.3, -0.25) is 4.79 Å². The maximum atomic E-state index is 12.8. The van der Waals surface area contributed by atoms with Crippen molar-refractivity contribution in [3.63, 3.8) is 0 Å². The van der Waals surface area contributed by atoms with Crippen LogP contribution in [0.5, 0.6) is 5.75 Å². The lowest BCUT2D eigenvalue weighted by Gasteiger charge is -2.16. The fourth-order valence-corrected chi connectivity index (χ4v) is 2.44. The average molecular weight is 294 g/mol. The fraction of sp³-hybridized carbons (Fsp3) is 0.562. The van der Waals surface area contributed by atoms with E-state index in [9.17, 15) is 9.18 Å². The van der Waals surface area contributed by atoms with Crippen LogP contribution in [0, 0.1) is 5.82 Å². The van der Waals surface area contributed by atoms with Gasteiger partial charge in [-0.2, -0.15) is 0 Å². The van der Waals surface area contributed by atoms with Crippen LogP contribution >= 0.6 is 0 Å². The maximum Gasteiger partial charge on any atom is 0.260 e. The molecular formula is C16H23FN2O2. The van der Waals surface area contributed by atoms with Gasteiger partial charge in [-0.05, 0) is 70.1 Å². The molecule has 0 spiro atoms. The fourth-order valence-electron chi connectivity index (χ4n) is 2.44. The number of nitrogens with zero attached hydrogens (tertiary/aromatic N) is 1. The van der Waals surface area contributed by atoms with Gasteiger partial charge in [0.25, 0.3) is 5.91 Å². The Kier molecular flexibility index (Phi) is 5.99. The number of ether oxygens (including phenoxy) is 1. The summed E-state index contributed by atoms with van der Waals surface area (Å²) in [5.74, 6) is 0.0400. The Morgan fingerprint density at radius 2 is 2.00 bits per heavy atom. The normalized spacial score (nSPS) is 16.7. The van der Waals surface area contributed by atoms with E-state index >= 15 is 0 Å². The van der Waals surface area contributed by atoms with Crippen LogP contribution in [-0.2, 0) is 4.79 Å². The largest absolute Gasteiger partial charge is 0.481 e. The number of nitrogens with one attached hydrogen (secondary N) is 1. The van der Waals surface area contributed by atoms with Crippen LogP contribution in [-0.4, -0.2) is 43.1 Å². The molecule has 1 aromatic rings. The quantitative estimate of drug-likeness (QED) is 0.784. The molecule has 1 fully saturated rings. The molecule has 0 aromatic heterocycles. The van der Waals surface area contributed by atoms with Gasteiger partial charge in [0.1, 0.15) is 11.6 Å². The maximum absolute atomic E-state index is 12.8. The molecule has 116 valence electrons. The van der Waals surface area contributed by atoms with Crippen molar-refractivity contribution in [2.45, 2.75) is 32.3 Å². The van der Waals surface area contributed by atoms with Gasteiger partial charge in [0, 0.05) is 6.54 Å². The van der Waals surface area contributed by atoms with E-state index in [-0.39, 0.29) is 11.7 Å². The van der Waals surface area contributed by atoms with E-state index in [1.807, 2.05) is 0 Å². The van der Waals surface area contributed by atoms with E-state index in [2.05, 4.69) is 10.2 Å². The number of benzene rings is 1. The third-order valence-electron chi connectivity index (χ3n) is 3.64. The number of carbonyl (C=O) groups excluding carboxylic acids is 1. The lowest BCUT2D eigenvalue weighted by Crippen LogP contribution is -2.37. The predicted molar refractivity (Wildman–Crippen MR) is 79.8 cm³/mol. The minimum absolute atomic E-state index is 0.138. The summed E-state index contributed by atoms with van der Waals surface area (Å²) in [4.78, 5) is 14.3. The molecule has 5 heteroatoms. The topological polar surface area (TPSA) is 41.6 Å². The smallest absolute Gasteiger partial charge is 0.260 e. The van der Waals surface area contributed by atoms with Gasteiger partial charge >= 0.3 is 0 Å². The molecule has 1 heterocycles. The second-order valence-corrected chi connectivity index (χ2v) is 5.41. The number of halogens is 1. The number of amides is 1. The van der Waals surface area contributed by atoms with Crippen LogP contribution in [0.2, 0.25) is 0 Å². The summed E-state index contributed by atoms with van der Waals surface area (Å²) in [5.41, 5.74) is 0. The van der Waals surface area contributed by atoms with Crippen molar-refractivity contribution in [3.8, 4) is 5.75 Å². The molecule has 0 saturated carbocycles. The van der Waals surface area contributed by atoms with Crippen LogP contribution < -0.4 is 10.1 Å². The van der Waals surface area contributed by atoms with E-state index in [1.54, 1.807) is 6.92 Å². The highest BCUT2D eigenvalue weighted by molar-refractivity contribution is 5.80. The van der Waals surface area contributed by atoms with Crippen molar-refractivity contribution in [2.75, 3.05) is 26.2 Å². The average Bonchev–Trinajstić information content (AvgIpc) is 2.99. The first kappa shape index (κ1) is 15.8. The van der Waals surface area contributed by atoms with E-state index < -0.39 is 6.10 Å². The highest BCUT2D eigenvalue weighted by atomic mass is 19.1. The minimum Gasteiger partial charge on any atom is -0.481 e. The predicted octanol–water partition coefficient (Wildman–Crippen LogP) is 2.20. The molecule has 1 aliphatic rings. The lowest BCUT2D eigenvalue weighted by atomic mass is 10.3. The Morgan fingerprint density at radius 3 is 2.67 bits per heavy atom. The van der Waals surface area contributed by atoms with Crippen LogP contribution in [0.3, 0.4) is 0 Å². The Balaban J connectivity index is 1.63.